The molecule has 1 heteroatoms. The highest BCUT2D eigenvalue weighted by atomic mass is 15.1. The number of rotatable bonds is 4. The van der Waals surface area contributed by atoms with Gasteiger partial charge in [-0.15, -0.1) is 0 Å². The van der Waals surface area contributed by atoms with Crippen molar-refractivity contribution in [2.45, 2.75) is 19.3 Å². The Morgan fingerprint density at radius 2 is 0.980 bits per heavy atom. The van der Waals surface area contributed by atoms with Crippen LogP contribution in [0.5, 0.6) is 0 Å². The highest BCUT2D eigenvalue weighted by Gasteiger charge is 2.38. The average Bonchev–Trinajstić information content (AvgIpc) is 3.42. The molecule has 0 bridgehead atoms. The zero-order valence-corrected chi connectivity index (χ0v) is 28.2. The van der Waals surface area contributed by atoms with Gasteiger partial charge in [0.15, 0.2) is 0 Å². The maximum absolute atomic E-state index is 2.39. The molecule has 0 radical (unpaired) electrons. The van der Waals surface area contributed by atoms with Gasteiger partial charge in [-0.3, -0.25) is 0 Å². The number of hydrogen-bond acceptors (Lipinski definition) is 1. The van der Waals surface area contributed by atoms with Gasteiger partial charge in [0, 0.05) is 22.5 Å². The number of benzene rings is 9. The van der Waals surface area contributed by atoms with Crippen molar-refractivity contribution in [1.82, 2.24) is 0 Å². The summed E-state index contributed by atoms with van der Waals surface area (Å²) in [5.41, 5.74) is 11.3. The minimum Gasteiger partial charge on any atom is -0.310 e. The second-order valence-electron chi connectivity index (χ2n) is 14.1. The van der Waals surface area contributed by atoms with Gasteiger partial charge in [0.2, 0.25) is 0 Å². The Balaban J connectivity index is 1.19. The Morgan fingerprint density at radius 3 is 1.80 bits per heavy atom. The van der Waals surface area contributed by atoms with Gasteiger partial charge in [-0.2, -0.15) is 0 Å². The van der Waals surface area contributed by atoms with E-state index in [4.69, 9.17) is 0 Å². The van der Waals surface area contributed by atoms with Crippen molar-refractivity contribution in [2.24, 2.45) is 0 Å². The minimum absolute atomic E-state index is 0.0966. The molecule has 0 aliphatic heterocycles. The lowest BCUT2D eigenvalue weighted by molar-refractivity contribution is 0.666. The quantitative estimate of drug-likeness (QED) is 0.174. The summed E-state index contributed by atoms with van der Waals surface area (Å²) in [6.07, 6.45) is 0. The molecule has 0 fully saturated rings. The molecule has 9 aromatic rings. The first-order valence-electron chi connectivity index (χ1n) is 17.5. The van der Waals surface area contributed by atoms with Crippen molar-refractivity contribution in [3.63, 3.8) is 0 Å². The van der Waals surface area contributed by atoms with Crippen LogP contribution in [-0.4, -0.2) is 0 Å². The second-order valence-corrected chi connectivity index (χ2v) is 14.1. The summed E-state index contributed by atoms with van der Waals surface area (Å²) < 4.78 is 0. The number of hydrogen-bond donors (Lipinski definition) is 0. The lowest BCUT2D eigenvalue weighted by Gasteiger charge is -2.27. The fraction of sp³-hybridized carbons (Fsp3) is 0.0612. The van der Waals surface area contributed by atoms with Crippen LogP contribution in [0.2, 0.25) is 0 Å². The number of fused-ring (bicyclic) bond motifs is 11. The van der Waals surface area contributed by atoms with Gasteiger partial charge < -0.3 is 4.90 Å². The Bertz CT molecular complexity index is 2770. The Morgan fingerprint density at radius 1 is 0.400 bits per heavy atom. The van der Waals surface area contributed by atoms with E-state index >= 15 is 0 Å². The molecule has 1 nitrogen and oxygen atoms in total. The van der Waals surface area contributed by atoms with Crippen molar-refractivity contribution < 1.29 is 0 Å². The van der Waals surface area contributed by atoms with E-state index in [0.717, 1.165) is 17.1 Å². The summed E-state index contributed by atoms with van der Waals surface area (Å²) >= 11 is 0. The first kappa shape index (κ1) is 28.8. The molecule has 50 heavy (non-hydrogen) atoms. The Labute approximate surface area is 292 Å². The molecule has 236 valence electrons. The molecule has 0 N–H and O–H groups in total. The molecule has 9 aromatic carbocycles. The van der Waals surface area contributed by atoms with E-state index in [1.54, 1.807) is 0 Å². The molecule has 0 amide bonds. The van der Waals surface area contributed by atoms with Gasteiger partial charge in [0.05, 0.1) is 0 Å². The first-order valence-corrected chi connectivity index (χ1v) is 17.5. The molecule has 0 unspecified atom stereocenters. The molecule has 0 saturated heterocycles. The molecular weight excluding hydrogens is 603 g/mol. The SMILES string of the molecule is CC1(C)c2ccccc2-c2c1c1ccc3cc(N(c4ccc(-c5ccccc5)cc4)c4ccc5ccccc5c4)ccc3c1c1ccccc21. The average molecular weight is 638 g/mol. The standard InChI is InChI=1S/C49H35N/c1-49(2)45-19-11-10-18-43(45)47-42-17-9-8-16-41(42)46-40-29-27-39(31-36(40)23-28-44(46)48(47)49)50(38-26-22-33-14-6-7-15-35(33)30-38)37-24-20-34(21-25-37)32-12-4-3-5-13-32/h3-31H,1-2H3. The molecule has 0 aromatic heterocycles. The molecule has 1 aliphatic carbocycles. The van der Waals surface area contributed by atoms with Crippen LogP contribution in [0, 0.1) is 0 Å². The third-order valence-corrected chi connectivity index (χ3v) is 11.0. The summed E-state index contributed by atoms with van der Waals surface area (Å²) in [4.78, 5) is 2.39. The fourth-order valence-corrected chi connectivity index (χ4v) is 8.65. The molecule has 0 spiro atoms. The van der Waals surface area contributed by atoms with Crippen LogP contribution in [0.4, 0.5) is 17.1 Å². The summed E-state index contributed by atoms with van der Waals surface area (Å²) in [7, 11) is 0. The second kappa shape index (κ2) is 10.9. The predicted molar refractivity (Wildman–Crippen MR) is 214 cm³/mol. The zero-order valence-electron chi connectivity index (χ0n) is 28.2. The topological polar surface area (TPSA) is 3.24 Å². The predicted octanol–water partition coefficient (Wildman–Crippen LogP) is 13.7. The van der Waals surface area contributed by atoms with Crippen molar-refractivity contribution in [3.8, 4) is 22.3 Å². The lowest BCUT2D eigenvalue weighted by Crippen LogP contribution is -2.15. The van der Waals surface area contributed by atoms with E-state index in [-0.39, 0.29) is 5.41 Å². The monoisotopic (exact) mass is 637 g/mol. The minimum atomic E-state index is -0.0966. The maximum Gasteiger partial charge on any atom is 0.0468 e. The van der Waals surface area contributed by atoms with Crippen LogP contribution in [0.25, 0.3) is 65.3 Å². The third-order valence-electron chi connectivity index (χ3n) is 11.0. The van der Waals surface area contributed by atoms with E-state index in [0.29, 0.717) is 0 Å². The van der Waals surface area contributed by atoms with Crippen LogP contribution in [-0.2, 0) is 5.41 Å². The Hall–Kier alpha value is -6.18. The van der Waals surface area contributed by atoms with Crippen molar-refractivity contribution >= 4 is 60.2 Å². The van der Waals surface area contributed by atoms with Crippen LogP contribution >= 0.6 is 0 Å². The molecular formula is C49H35N. The van der Waals surface area contributed by atoms with Crippen LogP contribution in [0.15, 0.2) is 176 Å². The third kappa shape index (κ3) is 4.27. The molecule has 1 aliphatic rings. The first-order chi connectivity index (χ1) is 24.6. The summed E-state index contributed by atoms with van der Waals surface area (Å²) in [6.45, 7) is 4.79. The molecule has 0 heterocycles. The fourth-order valence-electron chi connectivity index (χ4n) is 8.65. The summed E-state index contributed by atoms with van der Waals surface area (Å²) in [6, 6.07) is 64.7. The van der Waals surface area contributed by atoms with E-state index in [1.807, 2.05) is 0 Å². The van der Waals surface area contributed by atoms with Crippen LogP contribution < -0.4 is 4.90 Å². The van der Waals surface area contributed by atoms with E-state index < -0.39 is 0 Å². The largest absolute Gasteiger partial charge is 0.310 e. The lowest BCUT2D eigenvalue weighted by atomic mass is 9.78. The smallest absolute Gasteiger partial charge is 0.0468 e. The zero-order chi connectivity index (χ0) is 33.4. The Kier molecular flexibility index (Phi) is 6.29. The van der Waals surface area contributed by atoms with E-state index in [9.17, 15) is 0 Å². The van der Waals surface area contributed by atoms with Crippen molar-refractivity contribution in [1.29, 1.82) is 0 Å². The van der Waals surface area contributed by atoms with E-state index in [1.165, 1.54) is 76.5 Å². The van der Waals surface area contributed by atoms with E-state index in [2.05, 4.69) is 195 Å². The molecule has 10 rings (SSSR count). The normalized spacial score (nSPS) is 13.2. The van der Waals surface area contributed by atoms with Crippen LogP contribution in [0.3, 0.4) is 0 Å². The van der Waals surface area contributed by atoms with Gasteiger partial charge >= 0.3 is 0 Å². The summed E-state index contributed by atoms with van der Waals surface area (Å²) in [5.74, 6) is 0. The highest BCUT2D eigenvalue weighted by molar-refractivity contribution is 6.26. The number of anilines is 3. The van der Waals surface area contributed by atoms with Gasteiger partial charge in [-0.25, -0.2) is 0 Å². The van der Waals surface area contributed by atoms with Gasteiger partial charge in [-0.1, -0.05) is 153 Å². The maximum atomic E-state index is 2.39. The van der Waals surface area contributed by atoms with Crippen LogP contribution in [0.1, 0.15) is 25.0 Å². The van der Waals surface area contributed by atoms with Crippen molar-refractivity contribution in [3.05, 3.63) is 187 Å². The molecule has 0 saturated carbocycles. The van der Waals surface area contributed by atoms with Gasteiger partial charge in [0.25, 0.3) is 0 Å². The van der Waals surface area contributed by atoms with Gasteiger partial charge in [-0.05, 0) is 113 Å². The van der Waals surface area contributed by atoms with Gasteiger partial charge in [0.1, 0.15) is 0 Å². The number of nitrogens with zero attached hydrogens (tertiary/aromatic N) is 1. The highest BCUT2D eigenvalue weighted by Crippen LogP contribution is 2.55. The molecule has 0 atom stereocenters. The van der Waals surface area contributed by atoms with Crippen molar-refractivity contribution in [2.75, 3.05) is 4.90 Å². The summed E-state index contributed by atoms with van der Waals surface area (Å²) in [5, 5.41) is 10.3.